The monoisotopic (exact) mass is 146 g/mol. The molecule has 0 aliphatic carbocycles. The number of Topliss-reactive ketones (excluding diaryl/α,β-unsaturated/α-hetero) is 1. The van der Waals surface area contributed by atoms with Crippen molar-refractivity contribution in [1.82, 2.24) is 0 Å². The highest BCUT2D eigenvalue weighted by Gasteiger charge is 1.94. The Kier molecular flexibility index (Phi) is 14.1. The van der Waals surface area contributed by atoms with Crippen molar-refractivity contribution in [2.75, 3.05) is 7.11 Å². The van der Waals surface area contributed by atoms with Crippen molar-refractivity contribution in [1.29, 1.82) is 0 Å². The number of ketones is 1. The Labute approximate surface area is 63.3 Å². The summed E-state index contributed by atoms with van der Waals surface area (Å²) >= 11 is 0. The molecular weight excluding hydrogens is 128 g/mol. The van der Waals surface area contributed by atoms with Gasteiger partial charge < -0.3 is 5.11 Å². The molecule has 0 fully saturated rings. The van der Waals surface area contributed by atoms with E-state index in [0.29, 0.717) is 5.78 Å². The molecule has 0 atom stereocenters. The fourth-order valence-corrected chi connectivity index (χ4v) is 0.683. The first-order valence-corrected chi connectivity index (χ1v) is 3.77. The van der Waals surface area contributed by atoms with Gasteiger partial charge in [0.25, 0.3) is 0 Å². The zero-order valence-electron chi connectivity index (χ0n) is 7.18. The number of carbonyl (C=O) groups is 1. The fraction of sp³-hybridized carbons (Fsp3) is 0.875. The Morgan fingerprint density at radius 3 is 1.60 bits per heavy atom. The topological polar surface area (TPSA) is 37.3 Å². The predicted molar refractivity (Wildman–Crippen MR) is 43.0 cm³/mol. The minimum Gasteiger partial charge on any atom is -0.400 e. The maximum Gasteiger partial charge on any atom is 0.132 e. The summed E-state index contributed by atoms with van der Waals surface area (Å²) in [7, 11) is 1.00. The number of hydrogen-bond donors (Lipinski definition) is 1. The van der Waals surface area contributed by atoms with Crippen LogP contribution in [-0.2, 0) is 4.79 Å². The molecule has 0 saturated heterocycles. The molecule has 0 unspecified atom stereocenters. The van der Waals surface area contributed by atoms with Crippen molar-refractivity contribution < 1.29 is 9.90 Å². The Morgan fingerprint density at radius 1 is 1.10 bits per heavy atom. The predicted octanol–water partition coefficient (Wildman–Crippen LogP) is 1.76. The van der Waals surface area contributed by atoms with E-state index in [1.165, 1.54) is 0 Å². The van der Waals surface area contributed by atoms with E-state index in [4.69, 9.17) is 5.11 Å². The van der Waals surface area contributed by atoms with E-state index < -0.39 is 0 Å². The second-order valence-electron chi connectivity index (χ2n) is 2.04. The SMILES string of the molecule is CCCC(=O)CCC.CO. The third kappa shape index (κ3) is 10.6. The van der Waals surface area contributed by atoms with Crippen molar-refractivity contribution in [3.8, 4) is 0 Å². The molecule has 0 aromatic carbocycles. The molecule has 0 rings (SSSR count). The first-order valence-electron chi connectivity index (χ1n) is 3.77. The summed E-state index contributed by atoms with van der Waals surface area (Å²) in [5.41, 5.74) is 0. The van der Waals surface area contributed by atoms with Crippen LogP contribution in [0.1, 0.15) is 39.5 Å². The molecular formula is C8H18O2. The number of hydrogen-bond acceptors (Lipinski definition) is 2. The zero-order valence-corrected chi connectivity index (χ0v) is 7.18. The highest BCUT2D eigenvalue weighted by atomic mass is 16.2. The van der Waals surface area contributed by atoms with E-state index in [1.807, 2.05) is 13.8 Å². The molecule has 62 valence electrons. The van der Waals surface area contributed by atoms with Crippen LogP contribution in [0.3, 0.4) is 0 Å². The largest absolute Gasteiger partial charge is 0.400 e. The average molecular weight is 146 g/mol. The second-order valence-corrected chi connectivity index (χ2v) is 2.04. The van der Waals surface area contributed by atoms with Gasteiger partial charge in [0.15, 0.2) is 0 Å². The van der Waals surface area contributed by atoms with E-state index in [-0.39, 0.29) is 0 Å². The second kappa shape index (κ2) is 11.4. The van der Waals surface area contributed by atoms with Gasteiger partial charge in [0.1, 0.15) is 5.78 Å². The lowest BCUT2D eigenvalue weighted by Crippen LogP contribution is -1.93. The Balaban J connectivity index is 0. The summed E-state index contributed by atoms with van der Waals surface area (Å²) in [5.74, 6) is 0.412. The lowest BCUT2D eigenvalue weighted by Gasteiger charge is -1.91. The quantitative estimate of drug-likeness (QED) is 0.656. The summed E-state index contributed by atoms with van der Waals surface area (Å²) in [6.07, 6.45) is 3.54. The molecule has 0 aliphatic rings. The lowest BCUT2D eigenvalue weighted by atomic mass is 10.1. The smallest absolute Gasteiger partial charge is 0.132 e. The van der Waals surface area contributed by atoms with Crippen LogP contribution in [0.15, 0.2) is 0 Å². The third-order valence-electron chi connectivity index (χ3n) is 1.06. The van der Waals surface area contributed by atoms with Crippen LogP contribution in [-0.4, -0.2) is 18.0 Å². The Hall–Kier alpha value is -0.370. The first kappa shape index (κ1) is 12.3. The van der Waals surface area contributed by atoms with Crippen molar-refractivity contribution in [3.05, 3.63) is 0 Å². The van der Waals surface area contributed by atoms with Gasteiger partial charge in [0.2, 0.25) is 0 Å². The van der Waals surface area contributed by atoms with Gasteiger partial charge in [0, 0.05) is 20.0 Å². The van der Waals surface area contributed by atoms with Gasteiger partial charge in [-0.15, -0.1) is 0 Å². The van der Waals surface area contributed by atoms with Crippen molar-refractivity contribution in [2.45, 2.75) is 39.5 Å². The van der Waals surface area contributed by atoms with Gasteiger partial charge in [-0.25, -0.2) is 0 Å². The number of aliphatic hydroxyl groups is 1. The van der Waals surface area contributed by atoms with E-state index in [9.17, 15) is 4.79 Å². The molecule has 0 heterocycles. The average Bonchev–Trinajstić information content (AvgIpc) is 1.93. The zero-order chi connectivity index (χ0) is 8.41. The van der Waals surface area contributed by atoms with Crippen LogP contribution in [0.5, 0.6) is 0 Å². The summed E-state index contributed by atoms with van der Waals surface area (Å²) in [5, 5.41) is 7.00. The van der Waals surface area contributed by atoms with Crippen molar-refractivity contribution >= 4 is 5.78 Å². The van der Waals surface area contributed by atoms with E-state index in [1.54, 1.807) is 0 Å². The van der Waals surface area contributed by atoms with Gasteiger partial charge in [-0.1, -0.05) is 13.8 Å². The van der Waals surface area contributed by atoms with Gasteiger partial charge >= 0.3 is 0 Å². The molecule has 0 amide bonds. The molecule has 2 nitrogen and oxygen atoms in total. The van der Waals surface area contributed by atoms with Gasteiger partial charge in [-0.2, -0.15) is 0 Å². The fourth-order valence-electron chi connectivity index (χ4n) is 0.683. The minimum absolute atomic E-state index is 0.412. The first-order chi connectivity index (χ1) is 4.81. The Bertz CT molecular complexity index is 61.7. The summed E-state index contributed by atoms with van der Waals surface area (Å²) in [6.45, 7) is 4.07. The van der Waals surface area contributed by atoms with E-state index in [0.717, 1.165) is 32.8 Å². The highest BCUT2D eigenvalue weighted by molar-refractivity contribution is 5.78. The van der Waals surface area contributed by atoms with Gasteiger partial charge in [-0.3, -0.25) is 4.79 Å². The van der Waals surface area contributed by atoms with Crippen LogP contribution in [0.25, 0.3) is 0 Å². The molecule has 2 heteroatoms. The van der Waals surface area contributed by atoms with Gasteiger partial charge in [0.05, 0.1) is 0 Å². The van der Waals surface area contributed by atoms with E-state index >= 15 is 0 Å². The molecule has 0 saturated carbocycles. The van der Waals surface area contributed by atoms with Gasteiger partial charge in [-0.05, 0) is 12.8 Å². The number of carbonyl (C=O) groups excluding carboxylic acids is 1. The molecule has 0 aliphatic heterocycles. The summed E-state index contributed by atoms with van der Waals surface area (Å²) in [4.78, 5) is 10.6. The number of rotatable bonds is 4. The van der Waals surface area contributed by atoms with Crippen molar-refractivity contribution in [3.63, 3.8) is 0 Å². The van der Waals surface area contributed by atoms with E-state index in [2.05, 4.69) is 0 Å². The minimum atomic E-state index is 0.412. The summed E-state index contributed by atoms with van der Waals surface area (Å²) < 4.78 is 0. The lowest BCUT2D eigenvalue weighted by molar-refractivity contribution is -0.119. The molecule has 0 spiro atoms. The molecule has 10 heavy (non-hydrogen) atoms. The Morgan fingerprint density at radius 2 is 1.40 bits per heavy atom. The van der Waals surface area contributed by atoms with Crippen LogP contribution < -0.4 is 0 Å². The normalized spacial score (nSPS) is 8.00. The maximum absolute atomic E-state index is 10.6. The van der Waals surface area contributed by atoms with Crippen LogP contribution in [0.2, 0.25) is 0 Å². The molecule has 0 aromatic heterocycles. The van der Waals surface area contributed by atoms with Crippen LogP contribution >= 0.6 is 0 Å². The van der Waals surface area contributed by atoms with Crippen LogP contribution in [0, 0.1) is 0 Å². The standard InChI is InChI=1S/C7H14O.CH4O/c1-3-5-7(8)6-4-2;1-2/h3-6H2,1-2H3;2H,1H3. The molecule has 0 bridgehead atoms. The van der Waals surface area contributed by atoms with Crippen LogP contribution in [0.4, 0.5) is 0 Å². The molecule has 0 aromatic rings. The highest BCUT2D eigenvalue weighted by Crippen LogP contribution is 1.95. The summed E-state index contributed by atoms with van der Waals surface area (Å²) in [6, 6.07) is 0. The third-order valence-corrected chi connectivity index (χ3v) is 1.06. The molecule has 1 N–H and O–H groups in total. The number of aliphatic hydroxyl groups excluding tert-OH is 1. The maximum atomic E-state index is 10.6. The van der Waals surface area contributed by atoms with Crippen molar-refractivity contribution in [2.24, 2.45) is 0 Å². The molecule has 0 radical (unpaired) electrons.